The van der Waals surface area contributed by atoms with Crippen molar-refractivity contribution in [1.82, 2.24) is 0 Å². The van der Waals surface area contributed by atoms with Gasteiger partial charge in [-0.1, -0.05) is 48.0 Å². The van der Waals surface area contributed by atoms with Gasteiger partial charge in [0.25, 0.3) is 5.69 Å². The summed E-state index contributed by atoms with van der Waals surface area (Å²) in [5, 5.41) is 12.5. The first-order valence-corrected chi connectivity index (χ1v) is 9.49. The third kappa shape index (κ3) is 3.64. The summed E-state index contributed by atoms with van der Waals surface area (Å²) < 4.78 is 5.03. The molecule has 3 aromatic carbocycles. The molecule has 3 aromatic rings. The molecule has 0 saturated heterocycles. The molecule has 31 heavy (non-hydrogen) atoms. The smallest absolute Gasteiger partial charge is 0.369 e. The number of nitro groups is 1. The number of nitrogens with zero attached hydrogens (tertiary/aromatic N) is 3. The van der Waals surface area contributed by atoms with E-state index in [1.54, 1.807) is 0 Å². The second-order valence-corrected chi connectivity index (χ2v) is 6.96. The zero-order valence-electron chi connectivity index (χ0n) is 16.9. The number of esters is 1. The van der Waals surface area contributed by atoms with Crippen LogP contribution in [0.25, 0.3) is 0 Å². The van der Waals surface area contributed by atoms with E-state index < -0.39 is 16.6 Å². The quantitative estimate of drug-likeness (QED) is 0.352. The summed E-state index contributed by atoms with van der Waals surface area (Å²) in [6.45, 7) is 1.97. The topological polar surface area (TPSA) is 94.3 Å². The Labute approximate surface area is 178 Å². The van der Waals surface area contributed by atoms with Gasteiger partial charge >= 0.3 is 11.7 Å². The number of hydrogen-bond donors (Lipinski definition) is 0. The molecule has 8 heteroatoms. The number of nitro benzene ring substituents is 1. The fraction of sp³-hybridized carbons (Fsp3) is 0.130. The van der Waals surface area contributed by atoms with E-state index in [0.717, 1.165) is 11.1 Å². The van der Waals surface area contributed by atoms with Crippen LogP contribution in [0.4, 0.5) is 11.4 Å². The van der Waals surface area contributed by atoms with E-state index in [-0.39, 0.29) is 5.69 Å². The minimum absolute atomic E-state index is 0.107. The lowest BCUT2D eigenvalue weighted by molar-refractivity contribution is -0.384. The molecule has 0 N–H and O–H groups in total. The van der Waals surface area contributed by atoms with Crippen LogP contribution in [0.2, 0.25) is 0 Å². The van der Waals surface area contributed by atoms with Crippen LogP contribution >= 0.6 is 0 Å². The third-order valence-electron chi connectivity index (χ3n) is 4.91. The third-order valence-corrected chi connectivity index (χ3v) is 4.91. The normalized spacial score (nSPS) is 17.9. The monoisotopic (exact) mass is 417 g/mol. The van der Waals surface area contributed by atoms with Crippen LogP contribution in [-0.4, -0.2) is 23.8 Å². The number of para-hydroxylation sites is 1. The zero-order valence-corrected chi connectivity index (χ0v) is 16.9. The van der Waals surface area contributed by atoms with Gasteiger partial charge in [0.05, 0.1) is 17.7 Å². The van der Waals surface area contributed by atoms with E-state index in [1.807, 2.05) is 61.5 Å². The van der Waals surface area contributed by atoms with Crippen molar-refractivity contribution in [3.8, 4) is 0 Å². The van der Waals surface area contributed by atoms with Crippen molar-refractivity contribution >= 4 is 23.2 Å². The van der Waals surface area contributed by atoms with E-state index in [4.69, 9.17) is 9.57 Å². The summed E-state index contributed by atoms with van der Waals surface area (Å²) >= 11 is 0. The average molecular weight is 417 g/mol. The SMILES string of the molecule is COC(=O)C1(c2ccc([N+](=O)[O-])cc2)N=C(c2ccc(C)cc2)N(c2ccccc2)O1. The van der Waals surface area contributed by atoms with Gasteiger partial charge in [-0.05, 0) is 31.2 Å². The van der Waals surface area contributed by atoms with Crippen molar-refractivity contribution in [2.75, 3.05) is 12.2 Å². The first-order chi connectivity index (χ1) is 14.9. The van der Waals surface area contributed by atoms with E-state index in [1.165, 1.54) is 36.4 Å². The van der Waals surface area contributed by atoms with Crippen molar-refractivity contribution < 1.29 is 19.3 Å². The highest BCUT2D eigenvalue weighted by Crippen LogP contribution is 2.39. The second-order valence-electron chi connectivity index (χ2n) is 6.96. The molecule has 4 rings (SSSR count). The molecule has 0 saturated carbocycles. The number of hydroxylamine groups is 1. The fourth-order valence-corrected chi connectivity index (χ4v) is 3.28. The van der Waals surface area contributed by atoms with Gasteiger partial charge in [0.15, 0.2) is 5.84 Å². The molecule has 0 bridgehead atoms. The van der Waals surface area contributed by atoms with Gasteiger partial charge in [0.2, 0.25) is 0 Å². The van der Waals surface area contributed by atoms with Gasteiger partial charge in [-0.2, -0.15) is 5.06 Å². The van der Waals surface area contributed by atoms with Crippen molar-refractivity contribution in [3.05, 3.63) is 106 Å². The molecule has 1 atom stereocenters. The highest BCUT2D eigenvalue weighted by Gasteiger charge is 2.51. The van der Waals surface area contributed by atoms with Crippen molar-refractivity contribution in [2.24, 2.45) is 4.99 Å². The number of benzene rings is 3. The molecule has 0 fully saturated rings. The summed E-state index contributed by atoms with van der Waals surface area (Å²) in [5.74, 6) is -0.334. The number of aliphatic imine (C=N–C) groups is 1. The first kappa shape index (κ1) is 20.2. The number of amidine groups is 1. The van der Waals surface area contributed by atoms with E-state index in [0.29, 0.717) is 17.1 Å². The summed E-state index contributed by atoms with van der Waals surface area (Å²) in [6.07, 6.45) is 0. The minimum Gasteiger partial charge on any atom is -0.465 e. The van der Waals surface area contributed by atoms with Gasteiger partial charge in [-0.15, -0.1) is 0 Å². The maximum Gasteiger partial charge on any atom is 0.369 e. The lowest BCUT2D eigenvalue weighted by Crippen LogP contribution is -2.39. The molecule has 1 aliphatic rings. The number of non-ortho nitro benzene ring substituents is 1. The molecular formula is C23H19N3O5. The van der Waals surface area contributed by atoms with Gasteiger partial charge < -0.3 is 4.74 Å². The number of aryl methyl sites for hydroxylation is 1. The molecule has 1 unspecified atom stereocenters. The zero-order chi connectivity index (χ0) is 22.0. The second kappa shape index (κ2) is 8.00. The Morgan fingerprint density at radius 1 is 1.03 bits per heavy atom. The Morgan fingerprint density at radius 3 is 2.26 bits per heavy atom. The van der Waals surface area contributed by atoms with Crippen LogP contribution in [-0.2, 0) is 20.1 Å². The number of hydrogen-bond acceptors (Lipinski definition) is 7. The molecule has 0 aromatic heterocycles. The van der Waals surface area contributed by atoms with Crippen LogP contribution in [0.5, 0.6) is 0 Å². The molecule has 1 aliphatic heterocycles. The Hall–Kier alpha value is -4.04. The number of carbonyl (C=O) groups excluding carboxylic acids is 1. The summed E-state index contributed by atoms with van der Waals surface area (Å²) in [5.41, 5.74) is 0.832. The van der Waals surface area contributed by atoms with Crippen LogP contribution in [0, 0.1) is 17.0 Å². The van der Waals surface area contributed by atoms with Gasteiger partial charge in [-0.3, -0.25) is 10.1 Å². The Kier molecular flexibility index (Phi) is 5.22. The predicted octanol–water partition coefficient (Wildman–Crippen LogP) is 4.13. The first-order valence-electron chi connectivity index (χ1n) is 9.49. The standard InChI is InChI=1S/C23H19N3O5/c1-16-8-10-17(11-9-16)21-24-23(22(27)30-2,18-12-14-20(15-13-18)26(28)29)31-25(21)19-6-4-3-5-7-19/h3-15H,1-2H3. The maximum atomic E-state index is 12.9. The predicted molar refractivity (Wildman–Crippen MR) is 115 cm³/mol. The summed E-state index contributed by atoms with van der Waals surface area (Å²) in [6, 6.07) is 22.3. The van der Waals surface area contributed by atoms with Crippen LogP contribution in [0.1, 0.15) is 16.7 Å². The number of ether oxygens (including phenoxy) is 1. The van der Waals surface area contributed by atoms with Crippen molar-refractivity contribution in [2.45, 2.75) is 12.6 Å². The highest BCUT2D eigenvalue weighted by atomic mass is 16.7. The Morgan fingerprint density at radius 2 is 1.68 bits per heavy atom. The molecule has 0 spiro atoms. The Balaban J connectivity index is 1.89. The highest BCUT2D eigenvalue weighted by molar-refractivity contribution is 6.11. The lowest BCUT2D eigenvalue weighted by Gasteiger charge is -2.26. The number of carbonyl (C=O) groups is 1. The molecule has 8 nitrogen and oxygen atoms in total. The van der Waals surface area contributed by atoms with Gasteiger partial charge in [0, 0.05) is 23.3 Å². The molecule has 0 aliphatic carbocycles. The van der Waals surface area contributed by atoms with E-state index in [9.17, 15) is 14.9 Å². The number of rotatable bonds is 5. The molecule has 1 heterocycles. The fourth-order valence-electron chi connectivity index (χ4n) is 3.28. The largest absolute Gasteiger partial charge is 0.465 e. The van der Waals surface area contributed by atoms with Crippen molar-refractivity contribution in [1.29, 1.82) is 0 Å². The summed E-state index contributed by atoms with van der Waals surface area (Å²) in [7, 11) is 1.24. The van der Waals surface area contributed by atoms with Crippen molar-refractivity contribution in [3.63, 3.8) is 0 Å². The van der Waals surface area contributed by atoms with E-state index in [2.05, 4.69) is 4.99 Å². The maximum absolute atomic E-state index is 12.9. The number of anilines is 1. The molecule has 156 valence electrons. The van der Waals surface area contributed by atoms with E-state index >= 15 is 0 Å². The number of methoxy groups -OCH3 is 1. The van der Waals surface area contributed by atoms with Gasteiger partial charge in [-0.25, -0.2) is 14.6 Å². The minimum atomic E-state index is -1.85. The lowest BCUT2D eigenvalue weighted by atomic mass is 10.0. The summed E-state index contributed by atoms with van der Waals surface area (Å²) in [4.78, 5) is 34.3. The molecular weight excluding hydrogens is 398 g/mol. The average Bonchev–Trinajstić information content (AvgIpc) is 3.22. The molecule has 0 radical (unpaired) electrons. The Bertz CT molecular complexity index is 1140. The van der Waals surface area contributed by atoms with Crippen LogP contribution < -0.4 is 5.06 Å². The van der Waals surface area contributed by atoms with Gasteiger partial charge in [0.1, 0.15) is 0 Å². The van der Waals surface area contributed by atoms with Crippen LogP contribution in [0.15, 0.2) is 83.9 Å². The molecule has 0 amide bonds. The van der Waals surface area contributed by atoms with Crippen LogP contribution in [0.3, 0.4) is 0 Å².